The van der Waals surface area contributed by atoms with E-state index < -0.39 is 0 Å². The zero-order valence-corrected chi connectivity index (χ0v) is 77.5. The first-order chi connectivity index (χ1) is 70.4. The normalized spacial score (nSPS) is 11.8. The topological polar surface area (TPSA) is 29.6 Å². The quantitative estimate of drug-likeness (QED) is 0.124. The predicted octanol–water partition coefficient (Wildman–Crippen LogP) is 36.6. The van der Waals surface area contributed by atoms with Crippen molar-refractivity contribution in [2.24, 2.45) is 0 Å². The van der Waals surface area contributed by atoms with Crippen LogP contribution < -0.4 is 0 Å². The molecule has 30 aromatic rings. The van der Waals surface area contributed by atoms with Crippen LogP contribution in [0.1, 0.15) is 0 Å². The number of benzene rings is 24. The van der Waals surface area contributed by atoms with E-state index in [1.54, 1.807) is 0 Å². The lowest BCUT2D eigenvalue weighted by atomic mass is 9.98. The summed E-state index contributed by atoms with van der Waals surface area (Å²) in [6.07, 6.45) is 0. The number of fused-ring (bicyclic) bond motifs is 22. The van der Waals surface area contributed by atoms with E-state index in [0.717, 1.165) is 11.4 Å². The summed E-state index contributed by atoms with van der Waals surface area (Å²) in [5, 5.41) is 25.1. The maximum atomic E-state index is 2.43. The Morgan fingerprint density at radius 3 is 0.655 bits per heavy atom. The molecule has 0 fully saturated rings. The largest absolute Gasteiger partial charge is 0.309 e. The van der Waals surface area contributed by atoms with Crippen molar-refractivity contribution in [3.05, 3.63) is 534 Å². The van der Waals surface area contributed by atoms with Gasteiger partial charge in [0.15, 0.2) is 0 Å². The average Bonchev–Trinajstić information content (AvgIpc) is 1.56. The van der Waals surface area contributed by atoms with Crippen molar-refractivity contribution >= 4 is 174 Å². The molecule has 6 nitrogen and oxygen atoms in total. The van der Waals surface area contributed by atoms with Gasteiger partial charge in [-0.1, -0.05) is 388 Å². The fourth-order valence-electron chi connectivity index (χ4n) is 23.0. The Bertz CT molecular complexity index is 10300. The molecule has 30 rings (SSSR count). The van der Waals surface area contributed by atoms with Gasteiger partial charge in [-0.05, 0) is 244 Å². The summed E-state index contributed by atoms with van der Waals surface area (Å²) in [6, 6.07) is 195. The summed E-state index contributed by atoms with van der Waals surface area (Å²) in [5.74, 6) is 0. The molecule has 0 saturated carbocycles. The molecular weight excluding hydrogens is 1720 g/mol. The summed E-state index contributed by atoms with van der Waals surface area (Å²) < 4.78 is 14.5. The van der Waals surface area contributed by atoms with Gasteiger partial charge < -0.3 is 27.4 Å². The monoisotopic (exact) mass is 1800 g/mol. The molecule has 0 N–H and O–H groups in total. The molecule has 6 heteroatoms. The molecule has 0 radical (unpaired) electrons. The second kappa shape index (κ2) is 33.5. The highest BCUT2D eigenvalue weighted by Crippen LogP contribution is 2.48. The van der Waals surface area contributed by atoms with Crippen LogP contribution in [0.15, 0.2) is 534 Å². The number of rotatable bonds is 11. The zero-order chi connectivity index (χ0) is 93.4. The van der Waals surface area contributed by atoms with E-state index in [-0.39, 0.29) is 0 Å². The second-order valence-electron chi connectivity index (χ2n) is 37.4. The van der Waals surface area contributed by atoms with Crippen molar-refractivity contribution in [1.29, 1.82) is 0 Å². The first-order valence-corrected chi connectivity index (χ1v) is 48.9. The number of aromatic nitrogens is 6. The van der Waals surface area contributed by atoms with Crippen molar-refractivity contribution in [1.82, 2.24) is 27.4 Å². The van der Waals surface area contributed by atoms with Crippen LogP contribution in [0.3, 0.4) is 0 Å². The van der Waals surface area contributed by atoms with Crippen LogP contribution in [-0.4, -0.2) is 27.4 Å². The minimum Gasteiger partial charge on any atom is -0.309 e. The van der Waals surface area contributed by atoms with Crippen molar-refractivity contribution in [2.75, 3.05) is 0 Å². The lowest BCUT2D eigenvalue weighted by Gasteiger charge is -2.12. The molecule has 6 aromatic heterocycles. The van der Waals surface area contributed by atoms with Crippen LogP contribution in [-0.2, 0) is 0 Å². The van der Waals surface area contributed by atoms with Gasteiger partial charge in [0.25, 0.3) is 0 Å². The first-order valence-electron chi connectivity index (χ1n) is 48.9. The highest BCUT2D eigenvalue weighted by molar-refractivity contribution is 6.22. The molecule has 0 atom stereocenters. The van der Waals surface area contributed by atoms with Crippen LogP contribution in [0, 0.1) is 0 Å². The van der Waals surface area contributed by atoms with E-state index in [0.29, 0.717) is 0 Å². The maximum Gasteiger partial charge on any atom is 0.0547 e. The van der Waals surface area contributed by atoms with Gasteiger partial charge in [-0.3, -0.25) is 0 Å². The summed E-state index contributed by atoms with van der Waals surface area (Å²) in [4.78, 5) is 0. The van der Waals surface area contributed by atoms with Crippen molar-refractivity contribution in [3.63, 3.8) is 0 Å². The Hall–Kier alpha value is -18.9. The third-order valence-corrected chi connectivity index (χ3v) is 29.5. The second-order valence-corrected chi connectivity index (χ2v) is 37.4. The molecule has 662 valence electrons. The lowest BCUT2D eigenvalue weighted by Crippen LogP contribution is -1.95. The minimum atomic E-state index is 1.16. The molecule has 24 aromatic carbocycles. The van der Waals surface area contributed by atoms with Gasteiger partial charge in [-0.25, -0.2) is 0 Å². The third kappa shape index (κ3) is 13.5. The smallest absolute Gasteiger partial charge is 0.0547 e. The molecule has 0 aliphatic carbocycles. The Morgan fingerprint density at radius 2 is 0.317 bits per heavy atom. The fourth-order valence-corrected chi connectivity index (χ4v) is 23.0. The maximum absolute atomic E-state index is 2.43. The van der Waals surface area contributed by atoms with E-state index in [4.69, 9.17) is 0 Å². The molecular formula is C136H88N6. The van der Waals surface area contributed by atoms with Gasteiger partial charge in [0, 0.05) is 98.8 Å². The number of para-hydroxylation sites is 6. The van der Waals surface area contributed by atoms with Gasteiger partial charge in [0.05, 0.1) is 66.2 Å². The summed E-state index contributed by atoms with van der Waals surface area (Å²) in [5.41, 5.74) is 33.7. The average molecular weight is 1810 g/mol. The Labute approximate surface area is 819 Å². The van der Waals surface area contributed by atoms with Crippen LogP contribution in [0.5, 0.6) is 0 Å². The number of hydrogen-bond acceptors (Lipinski definition) is 0. The molecule has 0 amide bonds. The van der Waals surface area contributed by atoms with Gasteiger partial charge in [-0.2, -0.15) is 0 Å². The minimum absolute atomic E-state index is 1.16. The SMILES string of the molecule is c1ccc(-c2ccc(-n3c4ccccc4c4ccc(-c5cccc6c5c5ccccc5n6-c5ccc6ccccc6c5)cc43)cc2)cc1.c1ccc(-c2cccc(-n3c4ccccc4c4ccc(-c5cccc6c5c5ccccc5n6-c5ccc6ccccc6c5)cc43)c2)cc1.c1ccc2cc(-n3c4ccccc4c4ccc(-c5cccc6c5c5ccccc5n6-c5ccc6ccccc6c5)cc43)ccc2c1. The van der Waals surface area contributed by atoms with Crippen LogP contribution in [0.4, 0.5) is 0 Å². The molecule has 0 bridgehead atoms. The zero-order valence-electron chi connectivity index (χ0n) is 77.5. The predicted molar refractivity (Wildman–Crippen MR) is 603 cm³/mol. The lowest BCUT2D eigenvalue weighted by molar-refractivity contribution is 1.18. The highest BCUT2D eigenvalue weighted by Gasteiger charge is 2.25. The third-order valence-electron chi connectivity index (χ3n) is 29.5. The number of nitrogens with zero attached hydrogens (tertiary/aromatic N) is 6. The Balaban J connectivity index is 0.000000104. The van der Waals surface area contributed by atoms with E-state index in [1.807, 2.05) is 0 Å². The molecule has 0 aliphatic heterocycles. The first kappa shape index (κ1) is 81.5. The molecule has 6 heterocycles. The van der Waals surface area contributed by atoms with Crippen molar-refractivity contribution in [3.8, 4) is 89.8 Å². The van der Waals surface area contributed by atoms with E-state index in [9.17, 15) is 0 Å². The van der Waals surface area contributed by atoms with Crippen LogP contribution >= 0.6 is 0 Å². The van der Waals surface area contributed by atoms with Gasteiger partial charge >= 0.3 is 0 Å². The molecule has 0 aliphatic rings. The highest BCUT2D eigenvalue weighted by atomic mass is 15.0. The molecule has 0 saturated heterocycles. The Morgan fingerprint density at radius 1 is 0.0986 bits per heavy atom. The van der Waals surface area contributed by atoms with E-state index in [1.165, 1.54) is 252 Å². The number of hydrogen-bond donors (Lipinski definition) is 0. The van der Waals surface area contributed by atoms with Crippen LogP contribution in [0.2, 0.25) is 0 Å². The van der Waals surface area contributed by atoms with Crippen molar-refractivity contribution in [2.45, 2.75) is 0 Å². The molecule has 0 unspecified atom stereocenters. The summed E-state index contributed by atoms with van der Waals surface area (Å²) >= 11 is 0. The van der Waals surface area contributed by atoms with E-state index >= 15 is 0 Å². The van der Waals surface area contributed by atoms with Gasteiger partial charge in [0.1, 0.15) is 0 Å². The van der Waals surface area contributed by atoms with Crippen LogP contribution in [0.25, 0.3) is 264 Å². The summed E-state index contributed by atoms with van der Waals surface area (Å²) in [7, 11) is 0. The molecule has 0 spiro atoms. The van der Waals surface area contributed by atoms with E-state index in [2.05, 4.69) is 561 Å². The van der Waals surface area contributed by atoms with Gasteiger partial charge in [0.2, 0.25) is 0 Å². The van der Waals surface area contributed by atoms with Gasteiger partial charge in [-0.15, -0.1) is 0 Å². The standard InChI is InChI=1S/2C46H30N2.C44H28N2/c1-2-12-31(13-3-1)34-16-10-17-36(28-34)48-42-21-8-6-18-39(42)40-27-25-35(30-45(40)48)38-20-11-23-44-46(38)41-19-7-9-22-43(41)47(44)37-26-24-32-14-4-5-15-33(32)29-37;1-2-11-31(12-3-1)33-21-25-36(26-22-33)47-42-18-8-6-15-39(42)40-28-24-35(30-45(40)47)38-17-10-20-44-46(38)41-16-7-9-19-43(41)48(44)37-27-23-32-13-4-5-14-34(32)29-37;1-3-12-31-26-34(23-20-29(31)10-1)45-41-18-8-6-15-39(41)44-36(16-9-19-42(44)45)33-22-25-38-37-14-5-7-17-40(37)46(43(38)28-33)35-24-21-30-11-2-4-13-32(30)27-35/h2*1-30H;1-28H. The van der Waals surface area contributed by atoms with Crippen molar-refractivity contribution < 1.29 is 0 Å². The Kier molecular flexibility index (Phi) is 19.2. The molecule has 142 heavy (non-hydrogen) atoms. The summed E-state index contributed by atoms with van der Waals surface area (Å²) in [6.45, 7) is 0. The fraction of sp³-hybridized carbons (Fsp3) is 0.